The van der Waals surface area contributed by atoms with E-state index in [1.807, 2.05) is 24.3 Å². The summed E-state index contributed by atoms with van der Waals surface area (Å²) in [6, 6.07) is 7.69. The maximum Gasteiger partial charge on any atom is 0.189 e. The van der Waals surface area contributed by atoms with Gasteiger partial charge in [0, 0.05) is 11.1 Å². The Morgan fingerprint density at radius 1 is 1.19 bits per heavy atom. The summed E-state index contributed by atoms with van der Waals surface area (Å²) in [5, 5.41) is 0. The lowest BCUT2D eigenvalue weighted by Gasteiger charge is -2.16. The van der Waals surface area contributed by atoms with Gasteiger partial charge in [0.05, 0.1) is 0 Å². The molecule has 0 N–H and O–H groups in total. The lowest BCUT2D eigenvalue weighted by Crippen LogP contribution is -2.13. The van der Waals surface area contributed by atoms with Gasteiger partial charge < -0.3 is 0 Å². The molecule has 0 spiro atoms. The zero-order valence-corrected chi connectivity index (χ0v) is 10.1. The van der Waals surface area contributed by atoms with Crippen molar-refractivity contribution in [2.24, 2.45) is 0 Å². The Balaban J connectivity index is 2.35. The summed E-state index contributed by atoms with van der Waals surface area (Å²) >= 11 is 11.0. The molecule has 1 aliphatic carbocycles. The van der Waals surface area contributed by atoms with Crippen LogP contribution in [0.25, 0.3) is 0 Å². The van der Waals surface area contributed by atoms with Crippen molar-refractivity contribution in [1.82, 2.24) is 0 Å². The third-order valence-corrected chi connectivity index (χ3v) is 2.88. The molecule has 0 unspecified atom stereocenters. The topological polar surface area (TPSA) is 17.1 Å². The number of carbonyl (C=O) groups is 1. The molecule has 0 saturated carbocycles. The van der Waals surface area contributed by atoms with E-state index >= 15 is 0 Å². The van der Waals surface area contributed by atoms with E-state index in [0.29, 0.717) is 0 Å². The van der Waals surface area contributed by atoms with Crippen LogP contribution in [0.4, 0.5) is 0 Å². The van der Waals surface area contributed by atoms with Crippen molar-refractivity contribution >= 4 is 29.0 Å². The van der Waals surface area contributed by atoms with Gasteiger partial charge in [0.1, 0.15) is 4.49 Å². The van der Waals surface area contributed by atoms with Crippen LogP contribution in [0.15, 0.2) is 46.5 Å². The van der Waals surface area contributed by atoms with Gasteiger partial charge in [0.15, 0.2) is 5.78 Å². The van der Waals surface area contributed by atoms with Crippen LogP contribution in [0.1, 0.15) is 22.3 Å². The highest BCUT2D eigenvalue weighted by molar-refractivity contribution is 6.56. The number of halogens is 2. The molecule has 0 radical (unpaired) electrons. The van der Waals surface area contributed by atoms with E-state index in [2.05, 4.69) is 0 Å². The zero-order valence-electron chi connectivity index (χ0n) is 8.54. The summed E-state index contributed by atoms with van der Waals surface area (Å²) in [5.41, 5.74) is 2.67. The molecule has 3 heteroatoms. The number of benzene rings is 1. The predicted octanol–water partition coefficient (Wildman–Crippen LogP) is 4.06. The van der Waals surface area contributed by atoms with Crippen LogP contribution in [0.2, 0.25) is 0 Å². The van der Waals surface area contributed by atoms with Gasteiger partial charge in [-0.05, 0) is 24.5 Å². The average molecular weight is 253 g/mol. The van der Waals surface area contributed by atoms with Gasteiger partial charge in [-0.25, -0.2) is 0 Å². The largest absolute Gasteiger partial charge is 0.289 e. The summed E-state index contributed by atoms with van der Waals surface area (Å²) in [4.78, 5) is 12.0. The van der Waals surface area contributed by atoms with Crippen molar-refractivity contribution in [1.29, 1.82) is 0 Å². The SMILES string of the molecule is O=C1/C(=C/C=C(Cl)Cl)CCc2ccccc21. The van der Waals surface area contributed by atoms with Crippen LogP contribution in [0, 0.1) is 0 Å². The second kappa shape index (κ2) is 4.86. The standard InChI is InChI=1S/C13H10Cl2O/c14-12(15)8-7-10-6-5-9-3-1-2-4-11(9)13(10)16/h1-4,7-8H,5-6H2/b10-7+. The van der Waals surface area contributed by atoms with Gasteiger partial charge in [-0.15, -0.1) is 0 Å². The molecule has 1 aromatic rings. The van der Waals surface area contributed by atoms with Crippen LogP contribution in [-0.2, 0) is 6.42 Å². The fraction of sp³-hybridized carbons (Fsp3) is 0.154. The van der Waals surface area contributed by atoms with Gasteiger partial charge >= 0.3 is 0 Å². The van der Waals surface area contributed by atoms with Crippen molar-refractivity contribution < 1.29 is 4.79 Å². The molecule has 0 heterocycles. The fourth-order valence-electron chi connectivity index (χ4n) is 1.84. The average Bonchev–Trinajstić information content (AvgIpc) is 2.28. The van der Waals surface area contributed by atoms with E-state index in [-0.39, 0.29) is 10.3 Å². The second-order valence-corrected chi connectivity index (χ2v) is 4.64. The molecule has 82 valence electrons. The number of allylic oxidation sites excluding steroid dienone is 3. The van der Waals surface area contributed by atoms with Crippen molar-refractivity contribution in [3.05, 3.63) is 57.6 Å². The molecule has 0 amide bonds. The maximum atomic E-state index is 12.0. The quantitative estimate of drug-likeness (QED) is 0.689. The number of aryl methyl sites for hydroxylation is 1. The summed E-state index contributed by atoms with van der Waals surface area (Å²) in [5.74, 6) is 0.0766. The number of rotatable bonds is 1. The molecule has 16 heavy (non-hydrogen) atoms. The second-order valence-electron chi connectivity index (χ2n) is 3.63. The van der Waals surface area contributed by atoms with Gasteiger partial charge in [-0.1, -0.05) is 53.5 Å². The number of ketones is 1. The van der Waals surface area contributed by atoms with E-state index in [1.165, 1.54) is 0 Å². The Bertz CT molecular complexity index is 482. The van der Waals surface area contributed by atoms with Gasteiger partial charge in [0.2, 0.25) is 0 Å². The normalized spacial score (nSPS) is 17.1. The third kappa shape index (κ3) is 2.37. The highest BCUT2D eigenvalue weighted by atomic mass is 35.5. The Morgan fingerprint density at radius 2 is 1.94 bits per heavy atom. The molecule has 0 bridgehead atoms. The number of hydrogen-bond donors (Lipinski definition) is 0. The van der Waals surface area contributed by atoms with Crippen molar-refractivity contribution in [2.45, 2.75) is 12.8 Å². The van der Waals surface area contributed by atoms with Crippen molar-refractivity contribution in [3.63, 3.8) is 0 Å². The number of fused-ring (bicyclic) bond motifs is 1. The summed E-state index contributed by atoms with van der Waals surface area (Å²) in [7, 11) is 0. The van der Waals surface area contributed by atoms with Crippen LogP contribution in [-0.4, -0.2) is 5.78 Å². The highest BCUT2D eigenvalue weighted by Gasteiger charge is 2.20. The van der Waals surface area contributed by atoms with Crippen molar-refractivity contribution in [2.75, 3.05) is 0 Å². The van der Waals surface area contributed by atoms with Gasteiger partial charge in [-0.3, -0.25) is 4.79 Å². The van der Waals surface area contributed by atoms with E-state index in [4.69, 9.17) is 23.2 Å². The molecular formula is C13H10Cl2O. The van der Waals surface area contributed by atoms with Crippen LogP contribution in [0.5, 0.6) is 0 Å². The molecule has 1 nitrogen and oxygen atoms in total. The molecule has 0 fully saturated rings. The van der Waals surface area contributed by atoms with Crippen molar-refractivity contribution in [3.8, 4) is 0 Å². The summed E-state index contributed by atoms with van der Waals surface area (Å²) in [6.45, 7) is 0. The first-order chi connectivity index (χ1) is 7.68. The number of hydrogen-bond acceptors (Lipinski definition) is 1. The van der Waals surface area contributed by atoms with Crippen LogP contribution in [0.3, 0.4) is 0 Å². The lowest BCUT2D eigenvalue weighted by atomic mass is 9.87. The minimum absolute atomic E-state index is 0.0766. The molecular weight excluding hydrogens is 243 g/mol. The third-order valence-electron chi connectivity index (χ3n) is 2.63. The first kappa shape index (κ1) is 11.4. The Morgan fingerprint density at radius 3 is 2.69 bits per heavy atom. The molecule has 0 aliphatic heterocycles. The predicted molar refractivity (Wildman–Crippen MR) is 67.0 cm³/mol. The molecule has 1 aliphatic rings. The molecule has 2 rings (SSSR count). The first-order valence-electron chi connectivity index (χ1n) is 5.03. The number of carbonyl (C=O) groups excluding carboxylic acids is 1. The Hall–Kier alpha value is -1.05. The smallest absolute Gasteiger partial charge is 0.189 e. The van der Waals surface area contributed by atoms with Crippen LogP contribution >= 0.6 is 23.2 Å². The highest BCUT2D eigenvalue weighted by Crippen LogP contribution is 2.25. The molecule has 0 aromatic heterocycles. The van der Waals surface area contributed by atoms with Gasteiger partial charge in [-0.2, -0.15) is 0 Å². The minimum atomic E-state index is 0.0766. The minimum Gasteiger partial charge on any atom is -0.289 e. The lowest BCUT2D eigenvalue weighted by molar-refractivity contribution is 0.102. The maximum absolute atomic E-state index is 12.0. The molecule has 0 atom stereocenters. The molecule has 1 aromatic carbocycles. The van der Waals surface area contributed by atoms with E-state index < -0.39 is 0 Å². The van der Waals surface area contributed by atoms with Crippen LogP contribution < -0.4 is 0 Å². The van der Waals surface area contributed by atoms with Gasteiger partial charge in [0.25, 0.3) is 0 Å². The summed E-state index contributed by atoms with van der Waals surface area (Å²) < 4.78 is 0.166. The Kier molecular flexibility index (Phi) is 3.47. The van der Waals surface area contributed by atoms with E-state index in [9.17, 15) is 4.79 Å². The van der Waals surface area contributed by atoms with E-state index in [1.54, 1.807) is 12.2 Å². The Labute approximate surface area is 104 Å². The monoisotopic (exact) mass is 252 g/mol. The first-order valence-corrected chi connectivity index (χ1v) is 5.78. The van der Waals surface area contributed by atoms with E-state index in [0.717, 1.165) is 29.5 Å². The molecule has 0 saturated heterocycles. The fourth-order valence-corrected chi connectivity index (χ4v) is 1.96. The number of Topliss-reactive ketones (excluding diaryl/α,β-unsaturated/α-hetero) is 1. The zero-order chi connectivity index (χ0) is 11.5. The summed E-state index contributed by atoms with van der Waals surface area (Å²) in [6.07, 6.45) is 4.88.